The molecule has 0 radical (unpaired) electrons. The average molecular weight is 340 g/mol. The number of nitrogens with one attached hydrogen (secondary N) is 1. The number of benzene rings is 1. The second kappa shape index (κ2) is 9.94. The molecule has 1 N–H and O–H groups in total. The first-order valence-electron chi connectivity index (χ1n) is 8.53. The van der Waals surface area contributed by atoms with Crippen molar-refractivity contribution in [2.24, 2.45) is 5.92 Å². The number of esters is 1. The van der Waals surface area contributed by atoms with E-state index in [1.165, 1.54) is 11.1 Å². The predicted molar refractivity (Wildman–Crippen MR) is 97.2 cm³/mol. The maximum absolute atomic E-state index is 12.1. The molecule has 0 amide bonds. The molecule has 1 aliphatic heterocycles. The monoisotopic (exact) mass is 339 g/mol. The number of halogens is 1. The highest BCUT2D eigenvalue weighted by molar-refractivity contribution is 5.85. The minimum atomic E-state index is -0.0764. The summed E-state index contributed by atoms with van der Waals surface area (Å²) in [5, 5.41) is 3.27. The lowest BCUT2D eigenvalue weighted by Crippen LogP contribution is -2.36. The number of hydrogen-bond donors (Lipinski definition) is 1. The second-order valence-electron chi connectivity index (χ2n) is 6.90. The lowest BCUT2D eigenvalue weighted by Gasteiger charge is -2.23. The molecule has 0 spiro atoms. The van der Waals surface area contributed by atoms with Gasteiger partial charge in [0.25, 0.3) is 0 Å². The summed E-state index contributed by atoms with van der Waals surface area (Å²) < 4.78 is 5.56. The Bertz CT molecular complexity index is 467. The molecule has 2 rings (SSSR count). The lowest BCUT2D eigenvalue weighted by atomic mass is 9.95. The van der Waals surface area contributed by atoms with Crippen LogP contribution in [0.4, 0.5) is 0 Å². The van der Waals surface area contributed by atoms with Crippen molar-refractivity contribution < 1.29 is 9.53 Å². The van der Waals surface area contributed by atoms with Gasteiger partial charge in [-0.05, 0) is 48.8 Å². The number of carbonyl (C=O) groups is 1. The molecule has 0 saturated carbocycles. The molecule has 4 heteroatoms. The van der Waals surface area contributed by atoms with Gasteiger partial charge in [-0.25, -0.2) is 0 Å². The van der Waals surface area contributed by atoms with E-state index in [2.05, 4.69) is 50.4 Å². The molecular formula is C19H30ClNO2. The van der Waals surface area contributed by atoms with Crippen molar-refractivity contribution in [1.82, 2.24) is 5.32 Å². The summed E-state index contributed by atoms with van der Waals surface area (Å²) in [6, 6.07) is 8.67. The first-order chi connectivity index (χ1) is 10.5. The van der Waals surface area contributed by atoms with Gasteiger partial charge in [-0.15, -0.1) is 12.4 Å². The van der Waals surface area contributed by atoms with E-state index in [-0.39, 0.29) is 30.4 Å². The highest BCUT2D eigenvalue weighted by Gasteiger charge is 2.19. The Morgan fingerprint density at radius 2 is 1.96 bits per heavy atom. The van der Waals surface area contributed by atoms with Crippen LogP contribution in [0.3, 0.4) is 0 Å². The Balaban J connectivity index is 0.00000264. The molecule has 0 aromatic heterocycles. The Morgan fingerprint density at radius 1 is 1.26 bits per heavy atom. The summed E-state index contributed by atoms with van der Waals surface area (Å²) in [5.74, 6) is 0.798. The molecule has 3 nitrogen and oxygen atoms in total. The number of hydrogen-bond acceptors (Lipinski definition) is 3. The average Bonchev–Trinajstić information content (AvgIpc) is 2.48. The summed E-state index contributed by atoms with van der Waals surface area (Å²) in [6.07, 6.45) is 3.69. The summed E-state index contributed by atoms with van der Waals surface area (Å²) in [5.41, 5.74) is 2.58. The van der Waals surface area contributed by atoms with E-state index in [1.54, 1.807) is 0 Å². The van der Waals surface area contributed by atoms with Gasteiger partial charge in [0, 0.05) is 6.54 Å². The predicted octanol–water partition coefficient (Wildman–Crippen LogP) is 4.10. The fourth-order valence-electron chi connectivity index (χ4n) is 2.98. The summed E-state index contributed by atoms with van der Waals surface area (Å²) in [4.78, 5) is 12.1. The minimum absolute atomic E-state index is 0. The van der Waals surface area contributed by atoms with Crippen molar-refractivity contribution in [3.8, 4) is 0 Å². The van der Waals surface area contributed by atoms with Crippen molar-refractivity contribution in [1.29, 1.82) is 0 Å². The number of carbonyl (C=O) groups excluding carboxylic acids is 1. The summed E-state index contributed by atoms with van der Waals surface area (Å²) in [7, 11) is 0. The molecule has 2 unspecified atom stereocenters. The van der Waals surface area contributed by atoms with Crippen LogP contribution < -0.4 is 5.32 Å². The second-order valence-corrected chi connectivity index (χ2v) is 6.90. The number of rotatable bonds is 6. The smallest absolute Gasteiger partial charge is 0.306 e. The van der Waals surface area contributed by atoms with Crippen molar-refractivity contribution in [2.45, 2.75) is 58.5 Å². The van der Waals surface area contributed by atoms with Gasteiger partial charge < -0.3 is 10.1 Å². The maximum Gasteiger partial charge on any atom is 0.306 e. The van der Waals surface area contributed by atoms with Crippen LogP contribution in [0.25, 0.3) is 0 Å². The van der Waals surface area contributed by atoms with Crippen LogP contribution in [0, 0.1) is 5.92 Å². The third-order valence-electron chi connectivity index (χ3n) is 4.22. The van der Waals surface area contributed by atoms with Crippen LogP contribution >= 0.6 is 12.4 Å². The van der Waals surface area contributed by atoms with Gasteiger partial charge in [0.15, 0.2) is 0 Å². The van der Waals surface area contributed by atoms with E-state index in [0.29, 0.717) is 12.3 Å². The van der Waals surface area contributed by atoms with Crippen LogP contribution in [-0.4, -0.2) is 25.2 Å². The van der Waals surface area contributed by atoms with Crippen LogP contribution in [-0.2, 0) is 16.0 Å². The Hall–Kier alpha value is -1.06. The standard InChI is InChI=1S/C19H29NO2.ClH/c1-14(2)11-16-6-8-17(9-7-16)15(3)12-19(21)22-18-5-4-10-20-13-18;/h6-9,14-15,18,20H,4-5,10-13H2,1-3H3;1H. The highest BCUT2D eigenvalue weighted by atomic mass is 35.5. The first kappa shape index (κ1) is 20.0. The van der Waals surface area contributed by atoms with Gasteiger partial charge >= 0.3 is 5.97 Å². The Labute approximate surface area is 146 Å². The van der Waals surface area contributed by atoms with E-state index < -0.39 is 0 Å². The topological polar surface area (TPSA) is 38.3 Å². The quantitative estimate of drug-likeness (QED) is 0.793. The van der Waals surface area contributed by atoms with Crippen molar-refractivity contribution in [2.75, 3.05) is 13.1 Å². The molecule has 1 fully saturated rings. The van der Waals surface area contributed by atoms with E-state index in [9.17, 15) is 4.79 Å². The van der Waals surface area contributed by atoms with Crippen LogP contribution in [0.15, 0.2) is 24.3 Å². The molecule has 1 aliphatic rings. The fraction of sp³-hybridized carbons (Fsp3) is 0.632. The zero-order valence-electron chi connectivity index (χ0n) is 14.5. The highest BCUT2D eigenvalue weighted by Crippen LogP contribution is 2.21. The van der Waals surface area contributed by atoms with Crippen LogP contribution in [0.1, 0.15) is 57.1 Å². The van der Waals surface area contributed by atoms with Gasteiger partial charge in [-0.1, -0.05) is 45.0 Å². The first-order valence-corrected chi connectivity index (χ1v) is 8.53. The normalized spacial score (nSPS) is 19.0. The van der Waals surface area contributed by atoms with Gasteiger partial charge in [0.1, 0.15) is 6.10 Å². The zero-order valence-corrected chi connectivity index (χ0v) is 15.3. The molecule has 23 heavy (non-hydrogen) atoms. The molecule has 0 aliphatic carbocycles. The lowest BCUT2D eigenvalue weighted by molar-refractivity contribution is -0.150. The summed E-state index contributed by atoms with van der Waals surface area (Å²) in [6.45, 7) is 8.38. The molecule has 1 aromatic carbocycles. The minimum Gasteiger partial charge on any atom is -0.461 e. The van der Waals surface area contributed by atoms with Crippen LogP contribution in [0.2, 0.25) is 0 Å². The van der Waals surface area contributed by atoms with Crippen LogP contribution in [0.5, 0.6) is 0 Å². The third-order valence-corrected chi connectivity index (χ3v) is 4.22. The molecule has 1 heterocycles. The van der Waals surface area contributed by atoms with E-state index in [1.807, 2.05) is 0 Å². The molecule has 2 atom stereocenters. The molecule has 1 saturated heterocycles. The van der Waals surface area contributed by atoms with Crippen molar-refractivity contribution >= 4 is 18.4 Å². The van der Waals surface area contributed by atoms with Gasteiger partial charge in [-0.2, -0.15) is 0 Å². The van der Waals surface area contributed by atoms with Gasteiger partial charge in [0.2, 0.25) is 0 Å². The molecule has 0 bridgehead atoms. The Morgan fingerprint density at radius 3 is 2.52 bits per heavy atom. The van der Waals surface area contributed by atoms with Crippen molar-refractivity contribution in [3.05, 3.63) is 35.4 Å². The largest absolute Gasteiger partial charge is 0.461 e. The number of piperidine rings is 1. The summed E-state index contributed by atoms with van der Waals surface area (Å²) >= 11 is 0. The molecular weight excluding hydrogens is 310 g/mol. The van der Waals surface area contributed by atoms with Gasteiger partial charge in [-0.3, -0.25) is 4.79 Å². The Kier molecular flexibility index (Phi) is 8.64. The fourth-order valence-corrected chi connectivity index (χ4v) is 2.98. The SMILES string of the molecule is CC(C)Cc1ccc(C(C)CC(=O)OC2CCCNC2)cc1.Cl. The zero-order chi connectivity index (χ0) is 15.9. The molecule has 1 aromatic rings. The molecule has 130 valence electrons. The maximum atomic E-state index is 12.1. The van der Waals surface area contributed by atoms with E-state index in [0.717, 1.165) is 32.4 Å². The third kappa shape index (κ3) is 6.92. The number of ether oxygens (including phenoxy) is 1. The van der Waals surface area contributed by atoms with Crippen molar-refractivity contribution in [3.63, 3.8) is 0 Å². The van der Waals surface area contributed by atoms with E-state index in [4.69, 9.17) is 4.74 Å². The van der Waals surface area contributed by atoms with E-state index >= 15 is 0 Å². The van der Waals surface area contributed by atoms with Gasteiger partial charge in [0.05, 0.1) is 6.42 Å².